The van der Waals surface area contributed by atoms with Crippen LogP contribution in [0.25, 0.3) is 11.3 Å². The van der Waals surface area contributed by atoms with Crippen molar-refractivity contribution in [1.82, 2.24) is 9.55 Å². The molecule has 1 heterocycles. The van der Waals surface area contributed by atoms with Crippen LogP contribution < -0.4 is 5.73 Å². The second-order valence-corrected chi connectivity index (χ2v) is 6.16. The largest absolute Gasteiger partial charge is 0.383 e. The number of aryl methyl sites for hydroxylation is 1. The van der Waals surface area contributed by atoms with Gasteiger partial charge in [0, 0.05) is 22.5 Å². The molecule has 5 heteroatoms. The molecular formula is C14H15BrClN3. The topological polar surface area (TPSA) is 43.8 Å². The minimum Gasteiger partial charge on any atom is -0.383 e. The van der Waals surface area contributed by atoms with Gasteiger partial charge in [-0.25, -0.2) is 4.98 Å². The fourth-order valence-electron chi connectivity index (χ4n) is 2.36. The van der Waals surface area contributed by atoms with Crippen LogP contribution in [-0.4, -0.2) is 9.55 Å². The second kappa shape index (κ2) is 4.84. The Morgan fingerprint density at radius 3 is 2.79 bits per heavy atom. The van der Waals surface area contributed by atoms with Crippen molar-refractivity contribution in [1.29, 1.82) is 0 Å². The van der Waals surface area contributed by atoms with Crippen LogP contribution in [0, 0.1) is 0 Å². The summed E-state index contributed by atoms with van der Waals surface area (Å²) < 4.78 is 3.13. The van der Waals surface area contributed by atoms with Crippen molar-refractivity contribution in [3.63, 3.8) is 0 Å². The van der Waals surface area contributed by atoms with Gasteiger partial charge in [0.2, 0.25) is 0 Å². The number of nitrogens with two attached hydrogens (primary N) is 1. The minimum absolute atomic E-state index is 0.533. The van der Waals surface area contributed by atoms with Crippen molar-refractivity contribution in [2.75, 3.05) is 5.73 Å². The van der Waals surface area contributed by atoms with Crippen LogP contribution in [0.2, 0.25) is 5.02 Å². The van der Waals surface area contributed by atoms with E-state index in [1.165, 1.54) is 12.8 Å². The number of nitrogen functional groups attached to an aromatic ring is 1. The van der Waals surface area contributed by atoms with Crippen molar-refractivity contribution in [2.24, 2.45) is 0 Å². The molecule has 1 saturated carbocycles. The Morgan fingerprint density at radius 1 is 1.47 bits per heavy atom. The molecule has 1 fully saturated rings. The van der Waals surface area contributed by atoms with Gasteiger partial charge in [-0.2, -0.15) is 0 Å². The number of hydrogen-bond donors (Lipinski definition) is 1. The Hall–Kier alpha value is -1.00. The smallest absolute Gasteiger partial charge is 0.132 e. The normalized spacial score (nSPS) is 14.9. The molecule has 2 N–H and O–H groups in total. The van der Waals surface area contributed by atoms with E-state index in [4.69, 9.17) is 17.3 Å². The monoisotopic (exact) mass is 339 g/mol. The summed E-state index contributed by atoms with van der Waals surface area (Å²) in [5, 5.41) is 0.671. The number of aromatic nitrogens is 2. The lowest BCUT2D eigenvalue weighted by Crippen LogP contribution is -2.04. The van der Waals surface area contributed by atoms with Crippen LogP contribution in [-0.2, 0) is 6.42 Å². The van der Waals surface area contributed by atoms with Crippen molar-refractivity contribution in [2.45, 2.75) is 32.2 Å². The Kier molecular flexibility index (Phi) is 3.31. The maximum atomic E-state index is 6.30. The number of nitrogens with zero attached hydrogens (tertiary/aromatic N) is 2. The first-order valence-corrected chi connectivity index (χ1v) is 7.61. The van der Waals surface area contributed by atoms with E-state index < -0.39 is 0 Å². The lowest BCUT2D eigenvalue weighted by molar-refractivity contribution is 0.696. The van der Waals surface area contributed by atoms with Crippen LogP contribution >= 0.6 is 27.5 Å². The Bertz CT molecular complexity index is 632. The quantitative estimate of drug-likeness (QED) is 0.897. The lowest BCUT2D eigenvalue weighted by atomic mass is 10.1. The first kappa shape index (κ1) is 13.0. The fraction of sp³-hybridized carbons (Fsp3) is 0.357. The zero-order valence-electron chi connectivity index (χ0n) is 10.7. The zero-order valence-corrected chi connectivity index (χ0v) is 13.0. The van der Waals surface area contributed by atoms with E-state index in [1.54, 1.807) is 0 Å². The molecule has 0 saturated heterocycles. The van der Waals surface area contributed by atoms with Crippen LogP contribution in [0.3, 0.4) is 0 Å². The summed E-state index contributed by atoms with van der Waals surface area (Å²) in [6, 6.07) is 6.33. The van der Waals surface area contributed by atoms with E-state index in [0.717, 1.165) is 33.8 Å². The molecule has 3 nitrogen and oxygen atoms in total. The Labute approximate surface area is 125 Å². The summed E-state index contributed by atoms with van der Waals surface area (Å²) in [7, 11) is 0. The molecule has 100 valence electrons. The summed E-state index contributed by atoms with van der Waals surface area (Å²) in [4.78, 5) is 4.69. The van der Waals surface area contributed by atoms with Gasteiger partial charge in [0.25, 0.3) is 0 Å². The van der Waals surface area contributed by atoms with E-state index in [2.05, 4.69) is 32.4 Å². The molecule has 0 atom stereocenters. The van der Waals surface area contributed by atoms with E-state index in [9.17, 15) is 0 Å². The summed E-state index contributed by atoms with van der Waals surface area (Å²) >= 11 is 9.71. The van der Waals surface area contributed by atoms with Gasteiger partial charge in [-0.05, 0) is 25.0 Å². The zero-order chi connectivity index (χ0) is 13.6. The minimum atomic E-state index is 0.533. The van der Waals surface area contributed by atoms with Crippen molar-refractivity contribution >= 4 is 33.3 Å². The third-order valence-corrected chi connectivity index (χ3v) is 4.24. The second-order valence-electron chi connectivity index (χ2n) is 4.84. The van der Waals surface area contributed by atoms with Crippen molar-refractivity contribution in [3.8, 4) is 11.3 Å². The highest BCUT2D eigenvalue weighted by Gasteiger charge is 2.29. The first-order valence-electron chi connectivity index (χ1n) is 6.43. The fourth-order valence-corrected chi connectivity index (χ4v) is 3.13. The molecule has 3 rings (SSSR count). The molecule has 1 aromatic heterocycles. The lowest BCUT2D eigenvalue weighted by Gasteiger charge is -2.07. The van der Waals surface area contributed by atoms with Crippen LogP contribution in [0.1, 0.15) is 31.6 Å². The molecule has 0 amide bonds. The maximum Gasteiger partial charge on any atom is 0.132 e. The number of hydrogen-bond acceptors (Lipinski definition) is 2. The van der Waals surface area contributed by atoms with Gasteiger partial charge in [0.15, 0.2) is 0 Å². The van der Waals surface area contributed by atoms with Crippen LogP contribution in [0.5, 0.6) is 0 Å². The highest BCUT2D eigenvalue weighted by molar-refractivity contribution is 9.10. The summed E-state index contributed by atoms with van der Waals surface area (Å²) in [5.41, 5.74) is 8.00. The maximum absolute atomic E-state index is 6.30. The van der Waals surface area contributed by atoms with E-state index >= 15 is 0 Å². The van der Waals surface area contributed by atoms with Crippen LogP contribution in [0.4, 0.5) is 5.82 Å². The number of benzene rings is 1. The molecule has 1 aromatic carbocycles. The molecule has 1 aliphatic rings. The highest BCUT2D eigenvalue weighted by Crippen LogP contribution is 2.42. The molecule has 0 spiro atoms. The van der Waals surface area contributed by atoms with Gasteiger partial charge in [0.05, 0.1) is 5.02 Å². The van der Waals surface area contributed by atoms with Crippen molar-refractivity contribution in [3.05, 3.63) is 33.5 Å². The first-order chi connectivity index (χ1) is 9.11. The molecule has 0 radical (unpaired) electrons. The van der Waals surface area contributed by atoms with Gasteiger partial charge in [0.1, 0.15) is 17.3 Å². The average molecular weight is 341 g/mol. The van der Waals surface area contributed by atoms with E-state index in [0.29, 0.717) is 11.1 Å². The summed E-state index contributed by atoms with van der Waals surface area (Å²) in [6.07, 6.45) is 3.27. The number of anilines is 1. The SMILES string of the molecule is CCc1nc(-c2ccc(Br)cc2Cl)c(N)n1C1CC1. The third-order valence-electron chi connectivity index (χ3n) is 3.44. The molecule has 2 aromatic rings. The Morgan fingerprint density at radius 2 is 2.21 bits per heavy atom. The molecule has 1 aliphatic carbocycles. The molecule has 0 unspecified atom stereocenters. The predicted octanol–water partition coefficient (Wildman–Crippen LogP) is 4.45. The molecule has 0 aliphatic heterocycles. The van der Waals surface area contributed by atoms with Crippen LogP contribution in [0.15, 0.2) is 22.7 Å². The van der Waals surface area contributed by atoms with E-state index in [1.807, 2.05) is 18.2 Å². The summed E-state index contributed by atoms with van der Waals surface area (Å²) in [5.74, 6) is 1.79. The van der Waals surface area contributed by atoms with E-state index in [-0.39, 0.29) is 0 Å². The standard InChI is InChI=1S/C14H15BrClN3/c1-2-12-18-13(14(17)19(12)9-4-5-9)10-6-3-8(15)7-11(10)16/h3,6-7,9H,2,4-5,17H2,1H3. The predicted molar refractivity (Wildman–Crippen MR) is 82.4 cm³/mol. The Balaban J connectivity index is 2.14. The molecule has 19 heavy (non-hydrogen) atoms. The summed E-state index contributed by atoms with van der Waals surface area (Å²) in [6.45, 7) is 2.10. The number of rotatable bonds is 3. The van der Waals surface area contributed by atoms with Gasteiger partial charge in [-0.3, -0.25) is 0 Å². The highest BCUT2D eigenvalue weighted by atomic mass is 79.9. The third kappa shape index (κ3) is 2.28. The van der Waals surface area contributed by atoms with Gasteiger partial charge >= 0.3 is 0 Å². The van der Waals surface area contributed by atoms with Gasteiger partial charge in [-0.15, -0.1) is 0 Å². The number of halogens is 2. The van der Waals surface area contributed by atoms with Gasteiger partial charge < -0.3 is 10.3 Å². The number of imidazole rings is 1. The average Bonchev–Trinajstić information content (AvgIpc) is 3.14. The van der Waals surface area contributed by atoms with Gasteiger partial charge in [-0.1, -0.05) is 40.5 Å². The molecular weight excluding hydrogens is 326 g/mol. The van der Waals surface area contributed by atoms with Crippen molar-refractivity contribution < 1.29 is 0 Å². The molecule has 0 bridgehead atoms.